The van der Waals surface area contributed by atoms with Crippen molar-refractivity contribution in [3.63, 3.8) is 0 Å². The monoisotopic (exact) mass is 300 g/mol. The maximum atomic E-state index is 5.97. The molecule has 0 unspecified atom stereocenters. The van der Waals surface area contributed by atoms with E-state index in [2.05, 4.69) is 21.0 Å². The van der Waals surface area contributed by atoms with Gasteiger partial charge >= 0.3 is 0 Å². The van der Waals surface area contributed by atoms with Gasteiger partial charge in [0.05, 0.1) is 17.8 Å². The highest BCUT2D eigenvalue weighted by Gasteiger charge is 2.09. The van der Waals surface area contributed by atoms with Gasteiger partial charge in [0, 0.05) is 10.7 Å². The maximum absolute atomic E-state index is 5.97. The lowest BCUT2D eigenvalue weighted by atomic mass is 10.3. The molecule has 1 aromatic carbocycles. The van der Waals surface area contributed by atoms with Gasteiger partial charge in [-0.15, -0.1) is 0 Å². The van der Waals surface area contributed by atoms with Gasteiger partial charge in [0.15, 0.2) is 0 Å². The van der Waals surface area contributed by atoms with E-state index >= 15 is 0 Å². The molecule has 2 aromatic rings. The summed E-state index contributed by atoms with van der Waals surface area (Å²) in [6, 6.07) is 5.74. The quantitative estimate of drug-likeness (QED) is 0.847. The minimum Gasteiger partial charge on any atom is -0.494 e. The van der Waals surface area contributed by atoms with Crippen molar-refractivity contribution < 1.29 is 4.74 Å². The maximum Gasteiger partial charge on any atom is 0.145 e. The Morgan fingerprint density at radius 2 is 2.19 bits per heavy atom. The Kier molecular flexibility index (Phi) is 3.21. The van der Waals surface area contributed by atoms with Crippen LogP contribution in [0.2, 0.25) is 5.02 Å². The summed E-state index contributed by atoms with van der Waals surface area (Å²) >= 11 is 9.37. The van der Waals surface area contributed by atoms with Gasteiger partial charge in [-0.1, -0.05) is 27.5 Å². The van der Waals surface area contributed by atoms with Crippen LogP contribution in [0.3, 0.4) is 0 Å². The summed E-state index contributed by atoms with van der Waals surface area (Å²) in [5.41, 5.74) is 1.66. The molecule has 5 heteroatoms. The van der Waals surface area contributed by atoms with Crippen molar-refractivity contribution in [2.75, 3.05) is 7.11 Å². The molecule has 0 aliphatic carbocycles. The number of methoxy groups -OCH3 is 1. The largest absolute Gasteiger partial charge is 0.494 e. The lowest BCUT2D eigenvalue weighted by molar-refractivity contribution is 0.411. The summed E-state index contributed by atoms with van der Waals surface area (Å²) < 4.78 is 7.97. The number of aromatic nitrogens is 2. The first-order valence-corrected chi connectivity index (χ1v) is 5.84. The highest BCUT2D eigenvalue weighted by molar-refractivity contribution is 9.10. The Balaban J connectivity index is 2.55. The van der Waals surface area contributed by atoms with Crippen LogP contribution in [-0.2, 0) is 0 Å². The van der Waals surface area contributed by atoms with E-state index in [1.807, 2.05) is 25.1 Å². The first-order chi connectivity index (χ1) is 7.61. The van der Waals surface area contributed by atoms with Crippen LogP contribution in [0.15, 0.2) is 28.9 Å². The molecule has 0 amide bonds. The SMILES string of the molecule is COc1cc(Br)ccc1-n1cc(Cl)c(C)n1. The molecule has 1 heterocycles. The molecular weight excluding hydrogens is 291 g/mol. The fraction of sp³-hybridized carbons (Fsp3) is 0.182. The number of halogens is 2. The molecule has 0 bridgehead atoms. The number of rotatable bonds is 2. The molecule has 0 radical (unpaired) electrons. The normalized spacial score (nSPS) is 10.5. The molecule has 0 spiro atoms. The first-order valence-electron chi connectivity index (χ1n) is 4.67. The number of nitrogens with zero attached hydrogens (tertiary/aromatic N) is 2. The van der Waals surface area contributed by atoms with Gasteiger partial charge in [-0.3, -0.25) is 0 Å². The van der Waals surface area contributed by atoms with Crippen LogP contribution in [0.1, 0.15) is 5.69 Å². The fourth-order valence-electron chi connectivity index (χ4n) is 1.40. The predicted octanol–water partition coefficient (Wildman–Crippen LogP) is 3.61. The second kappa shape index (κ2) is 4.47. The molecule has 0 aliphatic heterocycles. The molecule has 3 nitrogen and oxygen atoms in total. The van der Waals surface area contributed by atoms with E-state index in [1.165, 1.54) is 0 Å². The van der Waals surface area contributed by atoms with Crippen molar-refractivity contribution in [1.82, 2.24) is 9.78 Å². The minimum absolute atomic E-state index is 0.643. The Labute approximate surface area is 107 Å². The average Bonchev–Trinajstić information content (AvgIpc) is 2.59. The number of benzene rings is 1. The summed E-state index contributed by atoms with van der Waals surface area (Å²) in [7, 11) is 1.63. The third-order valence-corrected chi connectivity index (χ3v) is 3.09. The third kappa shape index (κ3) is 2.08. The van der Waals surface area contributed by atoms with Gasteiger partial charge in [0.2, 0.25) is 0 Å². The van der Waals surface area contributed by atoms with Crippen LogP contribution in [0.25, 0.3) is 5.69 Å². The van der Waals surface area contributed by atoms with Crippen molar-refractivity contribution in [3.8, 4) is 11.4 Å². The molecule has 0 aliphatic rings. The van der Waals surface area contributed by atoms with E-state index in [0.717, 1.165) is 21.6 Å². The Bertz CT molecular complexity index is 505. The zero-order valence-electron chi connectivity index (χ0n) is 8.87. The molecule has 84 valence electrons. The first kappa shape index (κ1) is 11.5. The summed E-state index contributed by atoms with van der Waals surface area (Å²) in [5.74, 6) is 0.744. The predicted molar refractivity (Wildman–Crippen MR) is 67.6 cm³/mol. The molecule has 16 heavy (non-hydrogen) atoms. The Hall–Kier alpha value is -1.00. The molecule has 2 rings (SSSR count). The smallest absolute Gasteiger partial charge is 0.145 e. The van der Waals surface area contributed by atoms with Crippen LogP contribution in [0.4, 0.5) is 0 Å². The number of hydrogen-bond donors (Lipinski definition) is 0. The van der Waals surface area contributed by atoms with Crippen LogP contribution >= 0.6 is 27.5 Å². The Morgan fingerprint density at radius 1 is 1.44 bits per heavy atom. The van der Waals surface area contributed by atoms with Crippen LogP contribution in [0, 0.1) is 6.92 Å². The second-order valence-corrected chi connectivity index (χ2v) is 4.65. The van der Waals surface area contributed by atoms with E-state index in [9.17, 15) is 0 Å². The standard InChI is InChI=1S/C11H10BrClN2O/c1-7-9(13)6-15(14-7)10-4-3-8(12)5-11(10)16-2/h3-6H,1-2H3. The zero-order chi connectivity index (χ0) is 11.7. The topological polar surface area (TPSA) is 27.1 Å². The van der Waals surface area contributed by atoms with Crippen molar-refractivity contribution in [3.05, 3.63) is 39.6 Å². The molecule has 0 saturated carbocycles. The molecule has 0 saturated heterocycles. The number of hydrogen-bond acceptors (Lipinski definition) is 2. The highest BCUT2D eigenvalue weighted by Crippen LogP contribution is 2.27. The van der Waals surface area contributed by atoms with Crippen molar-refractivity contribution in [2.24, 2.45) is 0 Å². The third-order valence-electron chi connectivity index (χ3n) is 2.23. The van der Waals surface area contributed by atoms with E-state index in [4.69, 9.17) is 16.3 Å². The van der Waals surface area contributed by atoms with Gasteiger partial charge in [-0.05, 0) is 25.1 Å². The van der Waals surface area contributed by atoms with E-state index < -0.39 is 0 Å². The van der Waals surface area contributed by atoms with Crippen molar-refractivity contribution in [1.29, 1.82) is 0 Å². The molecule has 0 fully saturated rings. The average molecular weight is 302 g/mol. The van der Waals surface area contributed by atoms with Gasteiger partial charge in [0.25, 0.3) is 0 Å². The van der Waals surface area contributed by atoms with Crippen molar-refractivity contribution in [2.45, 2.75) is 6.92 Å². The Morgan fingerprint density at radius 3 is 2.75 bits per heavy atom. The van der Waals surface area contributed by atoms with Crippen LogP contribution < -0.4 is 4.74 Å². The summed E-state index contributed by atoms with van der Waals surface area (Å²) in [6.07, 6.45) is 1.77. The molecule has 1 aromatic heterocycles. The number of ether oxygens (including phenoxy) is 1. The van der Waals surface area contributed by atoms with Crippen LogP contribution in [-0.4, -0.2) is 16.9 Å². The molecular formula is C11H10BrClN2O. The fourth-order valence-corrected chi connectivity index (χ4v) is 1.87. The zero-order valence-corrected chi connectivity index (χ0v) is 11.2. The van der Waals surface area contributed by atoms with E-state index in [1.54, 1.807) is 18.0 Å². The second-order valence-electron chi connectivity index (χ2n) is 3.32. The van der Waals surface area contributed by atoms with Crippen molar-refractivity contribution >= 4 is 27.5 Å². The summed E-state index contributed by atoms with van der Waals surface area (Å²) in [5, 5.41) is 4.95. The minimum atomic E-state index is 0.643. The summed E-state index contributed by atoms with van der Waals surface area (Å²) in [4.78, 5) is 0. The molecule has 0 N–H and O–H groups in total. The lowest BCUT2D eigenvalue weighted by Gasteiger charge is -2.08. The number of aryl methyl sites for hydroxylation is 1. The van der Waals surface area contributed by atoms with Gasteiger partial charge < -0.3 is 4.74 Å². The van der Waals surface area contributed by atoms with E-state index in [-0.39, 0.29) is 0 Å². The molecule has 0 atom stereocenters. The van der Waals surface area contributed by atoms with Gasteiger partial charge in [0.1, 0.15) is 11.4 Å². The van der Waals surface area contributed by atoms with Gasteiger partial charge in [-0.25, -0.2) is 4.68 Å². The highest BCUT2D eigenvalue weighted by atomic mass is 79.9. The summed E-state index contributed by atoms with van der Waals surface area (Å²) in [6.45, 7) is 1.87. The van der Waals surface area contributed by atoms with Gasteiger partial charge in [-0.2, -0.15) is 5.10 Å². The van der Waals surface area contributed by atoms with E-state index in [0.29, 0.717) is 5.02 Å². The lowest BCUT2D eigenvalue weighted by Crippen LogP contribution is -1.98. The van der Waals surface area contributed by atoms with Crippen LogP contribution in [0.5, 0.6) is 5.75 Å².